The van der Waals surface area contributed by atoms with Crippen molar-refractivity contribution in [2.24, 2.45) is 0 Å². The summed E-state index contributed by atoms with van der Waals surface area (Å²) < 4.78 is 5.09. The number of nitrogens with one attached hydrogen (secondary N) is 1. The molecular formula is C15H11NO4. The lowest BCUT2D eigenvalue weighted by Crippen LogP contribution is -2.12. The summed E-state index contributed by atoms with van der Waals surface area (Å²) in [6.07, 6.45) is 0. The monoisotopic (exact) mass is 269 g/mol. The molecule has 1 aliphatic heterocycles. The maximum Gasteiger partial charge on any atom is 0.344 e. The van der Waals surface area contributed by atoms with Crippen LogP contribution in [0.15, 0.2) is 53.9 Å². The van der Waals surface area contributed by atoms with Gasteiger partial charge in [-0.15, -0.1) is 0 Å². The number of carbonyl (C=O) groups excluding carboxylic acids is 1. The second-order valence-electron chi connectivity index (χ2n) is 4.41. The number of benzene rings is 2. The predicted octanol–water partition coefficient (Wildman–Crippen LogP) is 2.15. The number of rotatable bonds is 3. The summed E-state index contributed by atoms with van der Waals surface area (Å²) in [5.74, 6) is -1.81. The Bertz CT molecular complexity index is 748. The average molecular weight is 269 g/mol. The van der Waals surface area contributed by atoms with Crippen LogP contribution >= 0.6 is 0 Å². The number of anilines is 1. The van der Waals surface area contributed by atoms with Gasteiger partial charge < -0.3 is 15.2 Å². The summed E-state index contributed by atoms with van der Waals surface area (Å²) in [6.45, 7) is -0.239. The fourth-order valence-electron chi connectivity index (χ4n) is 2.12. The second kappa shape index (κ2) is 4.70. The molecule has 100 valence electrons. The fraction of sp³-hybridized carbons (Fsp3) is 0.0667. The SMILES string of the molecule is O=C(O)C1=C(Nc2ccc3ccccc3c2)OCC1=O. The number of Topliss-reactive ketones (excluding diaryl/α,β-unsaturated/α-hetero) is 1. The third-order valence-electron chi connectivity index (χ3n) is 3.07. The molecule has 0 radical (unpaired) electrons. The van der Waals surface area contributed by atoms with Crippen LogP contribution in [-0.2, 0) is 14.3 Å². The Morgan fingerprint density at radius 1 is 1.15 bits per heavy atom. The first-order valence-corrected chi connectivity index (χ1v) is 6.04. The normalized spacial score (nSPS) is 14.5. The Balaban J connectivity index is 1.97. The number of carboxylic acids is 1. The van der Waals surface area contributed by atoms with Gasteiger partial charge in [0.2, 0.25) is 11.7 Å². The van der Waals surface area contributed by atoms with Gasteiger partial charge in [0.1, 0.15) is 0 Å². The molecule has 0 saturated carbocycles. The Labute approximate surface area is 114 Å². The van der Waals surface area contributed by atoms with Crippen molar-refractivity contribution in [2.45, 2.75) is 0 Å². The van der Waals surface area contributed by atoms with E-state index in [0.717, 1.165) is 10.8 Å². The first-order chi connectivity index (χ1) is 9.65. The van der Waals surface area contributed by atoms with E-state index < -0.39 is 11.8 Å². The molecule has 0 fully saturated rings. The van der Waals surface area contributed by atoms with Crippen LogP contribution in [0.3, 0.4) is 0 Å². The predicted molar refractivity (Wildman–Crippen MR) is 73.2 cm³/mol. The number of hydrogen-bond acceptors (Lipinski definition) is 4. The molecular weight excluding hydrogens is 258 g/mol. The molecule has 5 heteroatoms. The van der Waals surface area contributed by atoms with Gasteiger partial charge in [0, 0.05) is 5.69 Å². The summed E-state index contributed by atoms with van der Waals surface area (Å²) in [5, 5.41) is 13.9. The van der Waals surface area contributed by atoms with Crippen molar-refractivity contribution in [3.63, 3.8) is 0 Å². The number of aliphatic carboxylic acids is 1. The quantitative estimate of drug-likeness (QED) is 0.835. The summed E-state index contributed by atoms with van der Waals surface area (Å²) in [5.41, 5.74) is 0.338. The molecule has 0 unspecified atom stereocenters. The molecule has 0 aliphatic carbocycles. The fourth-order valence-corrected chi connectivity index (χ4v) is 2.12. The number of carbonyl (C=O) groups is 2. The highest BCUT2D eigenvalue weighted by Gasteiger charge is 2.30. The molecule has 0 spiro atoms. The number of carboxylic acid groups (broad SMARTS) is 1. The number of fused-ring (bicyclic) bond motifs is 1. The van der Waals surface area contributed by atoms with E-state index >= 15 is 0 Å². The van der Waals surface area contributed by atoms with Crippen molar-refractivity contribution in [3.05, 3.63) is 53.9 Å². The van der Waals surface area contributed by atoms with E-state index in [9.17, 15) is 9.59 Å². The van der Waals surface area contributed by atoms with Crippen LogP contribution in [0.2, 0.25) is 0 Å². The molecule has 0 atom stereocenters. The van der Waals surface area contributed by atoms with Gasteiger partial charge in [-0.2, -0.15) is 0 Å². The zero-order valence-electron chi connectivity index (χ0n) is 10.4. The number of hydrogen-bond donors (Lipinski definition) is 2. The van der Waals surface area contributed by atoms with Crippen LogP contribution in [0.1, 0.15) is 0 Å². The van der Waals surface area contributed by atoms with Crippen molar-refractivity contribution < 1.29 is 19.4 Å². The van der Waals surface area contributed by atoms with Crippen LogP contribution in [0.25, 0.3) is 10.8 Å². The molecule has 0 saturated heterocycles. The third-order valence-corrected chi connectivity index (χ3v) is 3.07. The van der Waals surface area contributed by atoms with E-state index in [1.807, 2.05) is 36.4 Å². The van der Waals surface area contributed by atoms with E-state index in [4.69, 9.17) is 9.84 Å². The lowest BCUT2D eigenvalue weighted by atomic mass is 10.1. The summed E-state index contributed by atoms with van der Waals surface area (Å²) in [4.78, 5) is 22.5. The second-order valence-corrected chi connectivity index (χ2v) is 4.41. The van der Waals surface area contributed by atoms with Crippen molar-refractivity contribution in [2.75, 3.05) is 11.9 Å². The molecule has 2 aromatic rings. The van der Waals surface area contributed by atoms with Gasteiger partial charge in [-0.3, -0.25) is 4.79 Å². The highest BCUT2D eigenvalue weighted by molar-refractivity contribution is 6.19. The lowest BCUT2D eigenvalue weighted by Gasteiger charge is -2.08. The summed E-state index contributed by atoms with van der Waals surface area (Å²) in [7, 11) is 0. The minimum atomic E-state index is -1.28. The maximum absolute atomic E-state index is 11.4. The first kappa shape index (κ1) is 12.2. The Kier molecular flexibility index (Phi) is 2.87. The minimum absolute atomic E-state index is 0.00205. The number of ketones is 1. The highest BCUT2D eigenvalue weighted by Crippen LogP contribution is 2.23. The van der Waals surface area contributed by atoms with E-state index in [1.54, 1.807) is 6.07 Å². The van der Waals surface area contributed by atoms with Crippen molar-refractivity contribution >= 4 is 28.2 Å². The van der Waals surface area contributed by atoms with Crippen LogP contribution < -0.4 is 5.32 Å². The summed E-state index contributed by atoms with van der Waals surface area (Å²) in [6, 6.07) is 13.4. The van der Waals surface area contributed by atoms with Gasteiger partial charge in [-0.25, -0.2) is 4.79 Å². The Morgan fingerprint density at radius 3 is 2.65 bits per heavy atom. The zero-order chi connectivity index (χ0) is 14.1. The third kappa shape index (κ3) is 2.09. The molecule has 0 aromatic heterocycles. The molecule has 3 rings (SSSR count). The van der Waals surface area contributed by atoms with Crippen molar-refractivity contribution in [1.82, 2.24) is 0 Å². The van der Waals surface area contributed by atoms with Gasteiger partial charge in [-0.05, 0) is 22.9 Å². The van der Waals surface area contributed by atoms with Gasteiger partial charge in [0.05, 0.1) is 0 Å². The van der Waals surface area contributed by atoms with Crippen LogP contribution in [-0.4, -0.2) is 23.5 Å². The van der Waals surface area contributed by atoms with Crippen LogP contribution in [0.4, 0.5) is 5.69 Å². The standard InChI is InChI=1S/C15H11NO4/c17-12-8-20-14(13(12)15(18)19)16-11-6-5-9-3-1-2-4-10(9)7-11/h1-7,16H,8H2,(H,18,19). The van der Waals surface area contributed by atoms with E-state index in [2.05, 4.69) is 5.32 Å². The molecule has 2 N–H and O–H groups in total. The molecule has 2 aromatic carbocycles. The smallest absolute Gasteiger partial charge is 0.344 e. The van der Waals surface area contributed by atoms with Crippen molar-refractivity contribution in [3.8, 4) is 0 Å². The highest BCUT2D eigenvalue weighted by atomic mass is 16.5. The van der Waals surface area contributed by atoms with E-state index in [1.165, 1.54) is 0 Å². The lowest BCUT2D eigenvalue weighted by molar-refractivity contribution is -0.134. The topological polar surface area (TPSA) is 75.6 Å². The van der Waals surface area contributed by atoms with E-state index in [0.29, 0.717) is 5.69 Å². The average Bonchev–Trinajstić information content (AvgIpc) is 2.79. The molecule has 0 amide bonds. The largest absolute Gasteiger partial charge is 0.477 e. The molecule has 1 aliphatic rings. The molecule has 5 nitrogen and oxygen atoms in total. The maximum atomic E-state index is 11.4. The van der Waals surface area contributed by atoms with Gasteiger partial charge in [0.25, 0.3) is 0 Å². The van der Waals surface area contributed by atoms with E-state index in [-0.39, 0.29) is 18.1 Å². The molecule has 20 heavy (non-hydrogen) atoms. The van der Waals surface area contributed by atoms with Crippen molar-refractivity contribution in [1.29, 1.82) is 0 Å². The minimum Gasteiger partial charge on any atom is -0.477 e. The molecule has 1 heterocycles. The first-order valence-electron chi connectivity index (χ1n) is 6.04. The molecule has 0 bridgehead atoms. The number of ether oxygens (including phenoxy) is 1. The van der Waals surface area contributed by atoms with Gasteiger partial charge in [0.15, 0.2) is 12.2 Å². The van der Waals surface area contributed by atoms with Crippen LogP contribution in [0, 0.1) is 0 Å². The zero-order valence-corrected chi connectivity index (χ0v) is 10.4. The van der Waals surface area contributed by atoms with Gasteiger partial charge >= 0.3 is 5.97 Å². The van der Waals surface area contributed by atoms with Crippen LogP contribution in [0.5, 0.6) is 0 Å². The Hall–Kier alpha value is -2.82. The van der Waals surface area contributed by atoms with Gasteiger partial charge in [-0.1, -0.05) is 30.3 Å². The Morgan fingerprint density at radius 2 is 1.90 bits per heavy atom. The summed E-state index contributed by atoms with van der Waals surface area (Å²) >= 11 is 0.